The normalized spacial score (nSPS) is 31.0. The lowest BCUT2D eigenvalue weighted by atomic mass is 10.0. The highest BCUT2D eigenvalue weighted by atomic mass is 16.5. The fourth-order valence-electron chi connectivity index (χ4n) is 3.05. The first-order chi connectivity index (χ1) is 7.40. The molecule has 1 aliphatic heterocycles. The molecular weight excluding hydrogens is 188 g/mol. The Bertz CT molecular complexity index is 174. The highest BCUT2D eigenvalue weighted by molar-refractivity contribution is 4.88. The molecule has 1 saturated heterocycles. The standard InChI is InChI=1S/C12H24N2O/c1-15-8-6-13-5-7-14-9-11-3-2-4-12(11)10-14/h11-13H,2-10H2,1H3. The minimum Gasteiger partial charge on any atom is -0.383 e. The van der Waals surface area contributed by atoms with Crippen LogP contribution >= 0.6 is 0 Å². The molecule has 2 unspecified atom stereocenters. The summed E-state index contributed by atoms with van der Waals surface area (Å²) in [6, 6.07) is 0. The summed E-state index contributed by atoms with van der Waals surface area (Å²) < 4.78 is 5.00. The summed E-state index contributed by atoms with van der Waals surface area (Å²) in [7, 11) is 1.75. The van der Waals surface area contributed by atoms with Gasteiger partial charge in [-0.3, -0.25) is 0 Å². The summed E-state index contributed by atoms with van der Waals surface area (Å²) in [4.78, 5) is 2.63. The Morgan fingerprint density at radius 1 is 1.20 bits per heavy atom. The number of rotatable bonds is 6. The van der Waals surface area contributed by atoms with Crippen LogP contribution in [0.25, 0.3) is 0 Å². The van der Waals surface area contributed by atoms with Gasteiger partial charge in [0.15, 0.2) is 0 Å². The van der Waals surface area contributed by atoms with E-state index in [1.165, 1.54) is 38.9 Å². The Balaban J connectivity index is 1.53. The molecule has 0 aromatic carbocycles. The third-order valence-electron chi connectivity index (χ3n) is 3.89. The monoisotopic (exact) mass is 212 g/mol. The van der Waals surface area contributed by atoms with Crippen LogP contribution in [0.1, 0.15) is 19.3 Å². The van der Waals surface area contributed by atoms with Crippen LogP contribution in [0.5, 0.6) is 0 Å². The van der Waals surface area contributed by atoms with Gasteiger partial charge in [0.1, 0.15) is 0 Å². The summed E-state index contributed by atoms with van der Waals surface area (Å²) in [5.41, 5.74) is 0. The van der Waals surface area contributed by atoms with Crippen molar-refractivity contribution in [3.8, 4) is 0 Å². The van der Waals surface area contributed by atoms with Crippen molar-refractivity contribution in [3.63, 3.8) is 0 Å². The van der Waals surface area contributed by atoms with Crippen LogP contribution < -0.4 is 5.32 Å². The molecule has 2 aliphatic rings. The minimum atomic E-state index is 0.825. The number of methoxy groups -OCH3 is 1. The van der Waals surface area contributed by atoms with Crippen LogP contribution in [-0.4, -0.2) is 51.3 Å². The van der Waals surface area contributed by atoms with Gasteiger partial charge in [-0.1, -0.05) is 6.42 Å². The molecule has 0 spiro atoms. The average molecular weight is 212 g/mol. The maximum absolute atomic E-state index is 5.00. The summed E-state index contributed by atoms with van der Waals surface area (Å²) in [5.74, 6) is 2.06. The van der Waals surface area contributed by atoms with Crippen LogP contribution in [0.3, 0.4) is 0 Å². The molecule has 1 aliphatic carbocycles. The van der Waals surface area contributed by atoms with Crippen LogP contribution in [0.15, 0.2) is 0 Å². The van der Waals surface area contributed by atoms with Gasteiger partial charge in [-0.05, 0) is 24.7 Å². The number of nitrogens with one attached hydrogen (secondary N) is 1. The number of hydrogen-bond acceptors (Lipinski definition) is 3. The average Bonchev–Trinajstić information content (AvgIpc) is 2.77. The summed E-state index contributed by atoms with van der Waals surface area (Å²) in [6.07, 6.45) is 4.45. The molecule has 15 heavy (non-hydrogen) atoms. The Morgan fingerprint density at radius 3 is 2.60 bits per heavy atom. The zero-order valence-corrected chi connectivity index (χ0v) is 9.87. The van der Waals surface area contributed by atoms with E-state index in [4.69, 9.17) is 4.74 Å². The largest absolute Gasteiger partial charge is 0.383 e. The molecule has 1 heterocycles. The predicted molar refractivity (Wildman–Crippen MR) is 62.0 cm³/mol. The van der Waals surface area contributed by atoms with Crippen molar-refractivity contribution in [2.75, 3.05) is 46.4 Å². The molecule has 0 amide bonds. The lowest BCUT2D eigenvalue weighted by molar-refractivity contribution is 0.197. The molecule has 0 aromatic rings. The van der Waals surface area contributed by atoms with E-state index >= 15 is 0 Å². The molecule has 0 bridgehead atoms. The molecule has 1 saturated carbocycles. The quantitative estimate of drug-likeness (QED) is 0.664. The van der Waals surface area contributed by atoms with Gasteiger partial charge in [0.2, 0.25) is 0 Å². The van der Waals surface area contributed by atoms with E-state index in [0.29, 0.717) is 0 Å². The van der Waals surface area contributed by atoms with Gasteiger partial charge in [0, 0.05) is 39.8 Å². The number of fused-ring (bicyclic) bond motifs is 1. The van der Waals surface area contributed by atoms with Gasteiger partial charge < -0.3 is 15.0 Å². The predicted octanol–water partition coefficient (Wildman–Crippen LogP) is 0.954. The molecule has 0 radical (unpaired) electrons. The van der Waals surface area contributed by atoms with Crippen molar-refractivity contribution in [1.82, 2.24) is 10.2 Å². The Hall–Kier alpha value is -0.120. The smallest absolute Gasteiger partial charge is 0.0587 e. The van der Waals surface area contributed by atoms with Gasteiger partial charge in [-0.2, -0.15) is 0 Å². The number of likely N-dealkylation sites (tertiary alicyclic amines) is 1. The van der Waals surface area contributed by atoms with Gasteiger partial charge in [-0.15, -0.1) is 0 Å². The molecule has 3 nitrogen and oxygen atoms in total. The fourth-order valence-corrected chi connectivity index (χ4v) is 3.05. The van der Waals surface area contributed by atoms with Gasteiger partial charge in [0.25, 0.3) is 0 Å². The number of nitrogens with zero attached hydrogens (tertiary/aromatic N) is 1. The number of hydrogen-bond donors (Lipinski definition) is 1. The molecule has 3 heteroatoms. The van der Waals surface area contributed by atoms with E-state index in [-0.39, 0.29) is 0 Å². The minimum absolute atomic E-state index is 0.825. The van der Waals surface area contributed by atoms with E-state index in [1.54, 1.807) is 7.11 Å². The topological polar surface area (TPSA) is 24.5 Å². The SMILES string of the molecule is COCCNCCN1CC2CCCC2C1. The Morgan fingerprint density at radius 2 is 1.93 bits per heavy atom. The van der Waals surface area contributed by atoms with Gasteiger partial charge in [-0.25, -0.2) is 0 Å². The molecule has 2 fully saturated rings. The summed E-state index contributed by atoms with van der Waals surface area (Å²) >= 11 is 0. The van der Waals surface area contributed by atoms with Crippen molar-refractivity contribution in [2.45, 2.75) is 19.3 Å². The highest BCUT2D eigenvalue weighted by Crippen LogP contribution is 2.37. The third kappa shape index (κ3) is 3.16. The van der Waals surface area contributed by atoms with Crippen LogP contribution in [0.4, 0.5) is 0 Å². The van der Waals surface area contributed by atoms with E-state index < -0.39 is 0 Å². The van der Waals surface area contributed by atoms with Gasteiger partial charge >= 0.3 is 0 Å². The van der Waals surface area contributed by atoms with Crippen molar-refractivity contribution in [2.24, 2.45) is 11.8 Å². The van der Waals surface area contributed by atoms with Crippen LogP contribution in [-0.2, 0) is 4.74 Å². The van der Waals surface area contributed by atoms with Crippen LogP contribution in [0.2, 0.25) is 0 Å². The highest BCUT2D eigenvalue weighted by Gasteiger charge is 2.35. The lowest BCUT2D eigenvalue weighted by Gasteiger charge is -2.16. The second-order valence-electron chi connectivity index (χ2n) is 4.95. The first kappa shape index (κ1) is 11.4. The second-order valence-corrected chi connectivity index (χ2v) is 4.95. The maximum Gasteiger partial charge on any atom is 0.0587 e. The summed E-state index contributed by atoms with van der Waals surface area (Å²) in [6.45, 7) is 6.86. The molecule has 0 aromatic heterocycles. The number of ether oxygens (including phenoxy) is 1. The molecule has 2 atom stereocenters. The second kappa shape index (κ2) is 5.83. The molecule has 2 rings (SSSR count). The van der Waals surface area contributed by atoms with E-state index in [2.05, 4.69) is 10.2 Å². The molecule has 88 valence electrons. The van der Waals surface area contributed by atoms with Crippen molar-refractivity contribution in [1.29, 1.82) is 0 Å². The lowest BCUT2D eigenvalue weighted by Crippen LogP contribution is -2.32. The van der Waals surface area contributed by atoms with Crippen molar-refractivity contribution < 1.29 is 4.74 Å². The Kier molecular flexibility index (Phi) is 4.42. The zero-order valence-electron chi connectivity index (χ0n) is 9.87. The van der Waals surface area contributed by atoms with Crippen molar-refractivity contribution >= 4 is 0 Å². The van der Waals surface area contributed by atoms with Crippen LogP contribution in [0, 0.1) is 11.8 Å². The first-order valence-corrected chi connectivity index (χ1v) is 6.32. The van der Waals surface area contributed by atoms with Crippen molar-refractivity contribution in [3.05, 3.63) is 0 Å². The Labute approximate surface area is 93.2 Å². The van der Waals surface area contributed by atoms with E-state index in [9.17, 15) is 0 Å². The fraction of sp³-hybridized carbons (Fsp3) is 1.00. The summed E-state index contributed by atoms with van der Waals surface area (Å²) in [5, 5.41) is 3.41. The third-order valence-corrected chi connectivity index (χ3v) is 3.89. The van der Waals surface area contributed by atoms with E-state index in [1.807, 2.05) is 0 Å². The molecule has 1 N–H and O–H groups in total. The zero-order chi connectivity index (χ0) is 10.5. The maximum atomic E-state index is 5.00. The van der Waals surface area contributed by atoms with Gasteiger partial charge in [0.05, 0.1) is 6.61 Å². The van der Waals surface area contributed by atoms with E-state index in [0.717, 1.165) is 31.5 Å². The first-order valence-electron chi connectivity index (χ1n) is 6.32. The molecular formula is C12H24N2O.